The maximum atomic E-state index is 11.5. The molecule has 0 heterocycles. The standard InChI is InChI=1S/C15H28O2/c1-5-10-17-14(16)11-12-6-8-13(9-7-12)15(2,3)4/h12-13H,5-11H2,1-4H3. The van der Waals surface area contributed by atoms with Crippen LogP contribution in [0.5, 0.6) is 0 Å². The number of ether oxygens (including phenoxy) is 1. The maximum absolute atomic E-state index is 11.5. The van der Waals surface area contributed by atoms with Crippen LogP contribution in [0.4, 0.5) is 0 Å². The van der Waals surface area contributed by atoms with Gasteiger partial charge in [0.2, 0.25) is 0 Å². The molecule has 0 radical (unpaired) electrons. The fourth-order valence-electron chi connectivity index (χ4n) is 2.74. The molecule has 0 bridgehead atoms. The molecule has 2 heteroatoms. The van der Waals surface area contributed by atoms with Crippen molar-refractivity contribution < 1.29 is 9.53 Å². The van der Waals surface area contributed by atoms with Crippen LogP contribution >= 0.6 is 0 Å². The number of hydrogen-bond donors (Lipinski definition) is 0. The van der Waals surface area contributed by atoms with Gasteiger partial charge in [0, 0.05) is 6.42 Å². The maximum Gasteiger partial charge on any atom is 0.306 e. The van der Waals surface area contributed by atoms with Crippen molar-refractivity contribution in [2.24, 2.45) is 17.3 Å². The van der Waals surface area contributed by atoms with Gasteiger partial charge in [-0.05, 0) is 49.4 Å². The summed E-state index contributed by atoms with van der Waals surface area (Å²) in [4.78, 5) is 11.5. The van der Waals surface area contributed by atoms with Crippen LogP contribution in [0.25, 0.3) is 0 Å². The molecule has 17 heavy (non-hydrogen) atoms. The molecule has 0 aliphatic heterocycles. The largest absolute Gasteiger partial charge is 0.466 e. The van der Waals surface area contributed by atoms with Gasteiger partial charge in [0.05, 0.1) is 6.61 Å². The van der Waals surface area contributed by atoms with Gasteiger partial charge in [-0.1, -0.05) is 27.7 Å². The highest BCUT2D eigenvalue weighted by Crippen LogP contribution is 2.40. The van der Waals surface area contributed by atoms with Crippen molar-refractivity contribution in [3.05, 3.63) is 0 Å². The zero-order valence-corrected chi connectivity index (χ0v) is 11.9. The fraction of sp³-hybridized carbons (Fsp3) is 0.933. The highest BCUT2D eigenvalue weighted by atomic mass is 16.5. The third-order valence-corrected chi connectivity index (χ3v) is 3.99. The molecule has 0 atom stereocenters. The molecule has 1 saturated carbocycles. The molecule has 1 aliphatic carbocycles. The van der Waals surface area contributed by atoms with Gasteiger partial charge in [0.1, 0.15) is 0 Å². The topological polar surface area (TPSA) is 26.3 Å². The minimum absolute atomic E-state index is 0.00561. The Morgan fingerprint density at radius 2 is 1.76 bits per heavy atom. The van der Waals surface area contributed by atoms with Crippen LogP contribution in [0.1, 0.15) is 66.2 Å². The third-order valence-electron chi connectivity index (χ3n) is 3.99. The first-order chi connectivity index (χ1) is 7.93. The second kappa shape index (κ2) is 6.42. The molecule has 0 aromatic rings. The van der Waals surface area contributed by atoms with Crippen molar-refractivity contribution in [3.63, 3.8) is 0 Å². The molecule has 0 aromatic carbocycles. The van der Waals surface area contributed by atoms with Crippen LogP contribution in [0, 0.1) is 17.3 Å². The lowest BCUT2D eigenvalue weighted by Crippen LogP contribution is -2.27. The first kappa shape index (κ1) is 14.5. The van der Waals surface area contributed by atoms with Crippen LogP contribution in [0.3, 0.4) is 0 Å². The number of carbonyl (C=O) groups excluding carboxylic acids is 1. The third kappa shape index (κ3) is 5.10. The molecule has 0 N–H and O–H groups in total. The first-order valence-electron chi connectivity index (χ1n) is 7.09. The molecule has 0 spiro atoms. The molecule has 100 valence electrons. The molecule has 2 nitrogen and oxygen atoms in total. The highest BCUT2D eigenvalue weighted by Gasteiger charge is 2.30. The van der Waals surface area contributed by atoms with E-state index in [1.54, 1.807) is 0 Å². The monoisotopic (exact) mass is 240 g/mol. The quantitative estimate of drug-likeness (QED) is 0.689. The summed E-state index contributed by atoms with van der Waals surface area (Å²) in [6.07, 6.45) is 6.50. The predicted octanol–water partition coefficient (Wildman–Crippen LogP) is 4.18. The van der Waals surface area contributed by atoms with Crippen molar-refractivity contribution in [1.82, 2.24) is 0 Å². The van der Waals surface area contributed by atoms with Crippen LogP contribution in [-0.4, -0.2) is 12.6 Å². The molecule has 0 saturated heterocycles. The molecule has 1 fully saturated rings. The van der Waals surface area contributed by atoms with Gasteiger partial charge in [-0.3, -0.25) is 4.79 Å². The van der Waals surface area contributed by atoms with Crippen molar-refractivity contribution >= 4 is 5.97 Å². The number of hydrogen-bond acceptors (Lipinski definition) is 2. The SMILES string of the molecule is CCCOC(=O)CC1CCC(C(C)(C)C)CC1. The van der Waals surface area contributed by atoms with Crippen molar-refractivity contribution in [2.75, 3.05) is 6.61 Å². The molecule has 1 rings (SSSR count). The zero-order valence-electron chi connectivity index (χ0n) is 11.9. The normalized spacial score (nSPS) is 25.6. The van der Waals surface area contributed by atoms with E-state index in [1.165, 1.54) is 25.7 Å². The summed E-state index contributed by atoms with van der Waals surface area (Å²) in [5.41, 5.74) is 0.424. The van der Waals surface area contributed by atoms with Gasteiger partial charge < -0.3 is 4.74 Å². The minimum atomic E-state index is 0.00561. The van der Waals surface area contributed by atoms with Crippen LogP contribution in [0.15, 0.2) is 0 Å². The highest BCUT2D eigenvalue weighted by molar-refractivity contribution is 5.69. The summed E-state index contributed by atoms with van der Waals surface area (Å²) >= 11 is 0. The average Bonchev–Trinajstić information content (AvgIpc) is 2.26. The van der Waals surface area contributed by atoms with Gasteiger partial charge in [-0.15, -0.1) is 0 Å². The van der Waals surface area contributed by atoms with Crippen molar-refractivity contribution in [2.45, 2.75) is 66.2 Å². The number of carbonyl (C=O) groups is 1. The summed E-state index contributed by atoms with van der Waals surface area (Å²) in [7, 11) is 0. The summed E-state index contributed by atoms with van der Waals surface area (Å²) in [6, 6.07) is 0. The van der Waals surface area contributed by atoms with E-state index in [2.05, 4.69) is 20.8 Å². The van der Waals surface area contributed by atoms with E-state index < -0.39 is 0 Å². The van der Waals surface area contributed by atoms with Gasteiger partial charge >= 0.3 is 5.97 Å². The molecule has 0 unspecified atom stereocenters. The van der Waals surface area contributed by atoms with E-state index in [0.717, 1.165) is 12.3 Å². The number of esters is 1. The lowest BCUT2D eigenvalue weighted by atomic mass is 9.69. The Balaban J connectivity index is 2.25. The van der Waals surface area contributed by atoms with Gasteiger partial charge in [-0.25, -0.2) is 0 Å². The van der Waals surface area contributed by atoms with E-state index in [9.17, 15) is 4.79 Å². The molecular weight excluding hydrogens is 212 g/mol. The second-order valence-electron chi connectivity index (χ2n) is 6.51. The lowest BCUT2D eigenvalue weighted by Gasteiger charge is -2.36. The Bertz CT molecular complexity index is 232. The van der Waals surface area contributed by atoms with Gasteiger partial charge in [0.25, 0.3) is 0 Å². The van der Waals surface area contributed by atoms with Crippen LogP contribution in [-0.2, 0) is 9.53 Å². The van der Waals surface area contributed by atoms with Crippen LogP contribution in [0.2, 0.25) is 0 Å². The molecular formula is C15H28O2. The molecule has 0 aromatic heterocycles. The van der Waals surface area contributed by atoms with E-state index in [4.69, 9.17) is 4.74 Å². The van der Waals surface area contributed by atoms with Crippen molar-refractivity contribution in [1.29, 1.82) is 0 Å². The molecule has 1 aliphatic rings. The summed E-state index contributed by atoms with van der Waals surface area (Å²) in [5, 5.41) is 0. The summed E-state index contributed by atoms with van der Waals surface area (Å²) in [5.74, 6) is 1.40. The Kier molecular flexibility index (Phi) is 5.48. The first-order valence-corrected chi connectivity index (χ1v) is 7.09. The van der Waals surface area contributed by atoms with E-state index in [1.807, 2.05) is 6.92 Å². The molecule has 0 amide bonds. The average molecular weight is 240 g/mol. The lowest BCUT2D eigenvalue weighted by molar-refractivity contribution is -0.145. The van der Waals surface area contributed by atoms with Crippen LogP contribution < -0.4 is 0 Å². The Labute approximate surface area is 106 Å². The number of rotatable bonds is 4. The van der Waals surface area contributed by atoms with Gasteiger partial charge in [0.15, 0.2) is 0 Å². The predicted molar refractivity (Wildman–Crippen MR) is 70.8 cm³/mol. The van der Waals surface area contributed by atoms with Crippen molar-refractivity contribution in [3.8, 4) is 0 Å². The smallest absolute Gasteiger partial charge is 0.306 e. The van der Waals surface area contributed by atoms with E-state index in [-0.39, 0.29) is 5.97 Å². The zero-order chi connectivity index (χ0) is 12.9. The van der Waals surface area contributed by atoms with E-state index >= 15 is 0 Å². The Morgan fingerprint density at radius 1 is 1.18 bits per heavy atom. The van der Waals surface area contributed by atoms with E-state index in [0.29, 0.717) is 24.4 Å². The fourth-order valence-corrected chi connectivity index (χ4v) is 2.74. The summed E-state index contributed by atoms with van der Waals surface area (Å²) < 4.78 is 5.15. The Hall–Kier alpha value is -0.530. The van der Waals surface area contributed by atoms with Gasteiger partial charge in [-0.2, -0.15) is 0 Å². The second-order valence-corrected chi connectivity index (χ2v) is 6.51. The minimum Gasteiger partial charge on any atom is -0.466 e. The Morgan fingerprint density at radius 3 is 2.24 bits per heavy atom. The summed E-state index contributed by atoms with van der Waals surface area (Å²) in [6.45, 7) is 9.59.